The summed E-state index contributed by atoms with van der Waals surface area (Å²) in [6.07, 6.45) is 9.39. The molecule has 1 unspecified atom stereocenters. The van der Waals surface area contributed by atoms with Crippen LogP contribution < -0.4 is 0 Å². The SMILES string of the molecule is CC.CCC(=O)N1CCC2=CC=CCC2C1. The van der Waals surface area contributed by atoms with E-state index in [1.165, 1.54) is 5.57 Å². The molecular formula is C14H23NO. The summed E-state index contributed by atoms with van der Waals surface area (Å²) in [7, 11) is 0. The quantitative estimate of drug-likeness (QED) is 0.666. The largest absolute Gasteiger partial charge is 0.342 e. The van der Waals surface area contributed by atoms with Crippen molar-refractivity contribution in [3.05, 3.63) is 23.8 Å². The maximum absolute atomic E-state index is 11.5. The molecule has 0 aromatic heterocycles. The predicted octanol–water partition coefficient (Wildman–Crippen LogP) is 3.16. The molecule has 0 radical (unpaired) electrons. The van der Waals surface area contributed by atoms with Crippen LogP contribution in [0.2, 0.25) is 0 Å². The number of nitrogens with zero attached hydrogens (tertiary/aromatic N) is 1. The number of allylic oxidation sites excluding steroid dienone is 3. The van der Waals surface area contributed by atoms with Crippen LogP contribution in [-0.2, 0) is 4.79 Å². The minimum atomic E-state index is 0.304. The van der Waals surface area contributed by atoms with E-state index in [0.717, 1.165) is 25.9 Å². The van der Waals surface area contributed by atoms with Crippen LogP contribution >= 0.6 is 0 Å². The van der Waals surface area contributed by atoms with Gasteiger partial charge < -0.3 is 4.90 Å². The summed E-state index contributed by atoms with van der Waals surface area (Å²) in [6.45, 7) is 7.79. The molecule has 0 aromatic rings. The molecule has 2 nitrogen and oxygen atoms in total. The summed E-state index contributed by atoms with van der Waals surface area (Å²) >= 11 is 0. The zero-order valence-corrected chi connectivity index (χ0v) is 10.7. The van der Waals surface area contributed by atoms with Crippen molar-refractivity contribution < 1.29 is 4.79 Å². The van der Waals surface area contributed by atoms with E-state index in [1.807, 2.05) is 25.7 Å². The normalized spacial score (nSPS) is 22.8. The van der Waals surface area contributed by atoms with Gasteiger partial charge in [-0.1, -0.05) is 44.6 Å². The zero-order chi connectivity index (χ0) is 12.0. The number of hydrogen-bond acceptors (Lipinski definition) is 1. The number of piperidine rings is 1. The Morgan fingerprint density at radius 3 is 2.94 bits per heavy atom. The van der Waals surface area contributed by atoms with Gasteiger partial charge in [-0.2, -0.15) is 0 Å². The van der Waals surface area contributed by atoms with Crippen LogP contribution in [0.1, 0.15) is 40.0 Å². The molecule has 0 spiro atoms. The fourth-order valence-electron chi connectivity index (χ4n) is 2.27. The molecule has 1 fully saturated rings. The van der Waals surface area contributed by atoms with E-state index in [2.05, 4.69) is 18.2 Å². The van der Waals surface area contributed by atoms with Crippen LogP contribution in [-0.4, -0.2) is 23.9 Å². The van der Waals surface area contributed by atoms with Gasteiger partial charge in [0.1, 0.15) is 0 Å². The molecule has 1 amide bonds. The molecule has 2 aliphatic rings. The van der Waals surface area contributed by atoms with Crippen LogP contribution in [0.25, 0.3) is 0 Å². The maximum Gasteiger partial charge on any atom is 0.222 e. The Hall–Kier alpha value is -1.05. The number of carbonyl (C=O) groups excluding carboxylic acids is 1. The number of hydrogen-bond donors (Lipinski definition) is 0. The summed E-state index contributed by atoms with van der Waals surface area (Å²) in [5.41, 5.74) is 1.53. The van der Waals surface area contributed by atoms with Gasteiger partial charge in [0, 0.05) is 25.4 Å². The monoisotopic (exact) mass is 221 g/mol. The van der Waals surface area contributed by atoms with E-state index in [9.17, 15) is 4.79 Å². The Labute approximate surface area is 99.0 Å². The molecule has 1 aliphatic heterocycles. The topological polar surface area (TPSA) is 20.3 Å². The van der Waals surface area contributed by atoms with Gasteiger partial charge >= 0.3 is 0 Å². The van der Waals surface area contributed by atoms with Crippen LogP contribution in [0.5, 0.6) is 0 Å². The van der Waals surface area contributed by atoms with Gasteiger partial charge in [-0.3, -0.25) is 4.79 Å². The van der Waals surface area contributed by atoms with Crippen molar-refractivity contribution in [1.29, 1.82) is 0 Å². The third-order valence-corrected chi connectivity index (χ3v) is 3.16. The molecule has 0 saturated carbocycles. The van der Waals surface area contributed by atoms with Crippen molar-refractivity contribution >= 4 is 5.91 Å². The van der Waals surface area contributed by atoms with Gasteiger partial charge in [0.25, 0.3) is 0 Å². The van der Waals surface area contributed by atoms with Crippen molar-refractivity contribution in [2.24, 2.45) is 5.92 Å². The maximum atomic E-state index is 11.5. The first-order valence-corrected chi connectivity index (χ1v) is 6.44. The molecule has 90 valence electrons. The molecule has 16 heavy (non-hydrogen) atoms. The average molecular weight is 221 g/mol. The lowest BCUT2D eigenvalue weighted by Crippen LogP contribution is -2.40. The van der Waals surface area contributed by atoms with Gasteiger partial charge in [0.2, 0.25) is 5.91 Å². The van der Waals surface area contributed by atoms with Crippen molar-refractivity contribution in [1.82, 2.24) is 4.90 Å². The average Bonchev–Trinajstić information content (AvgIpc) is 2.39. The molecular weight excluding hydrogens is 198 g/mol. The molecule has 2 heteroatoms. The fraction of sp³-hybridized carbons (Fsp3) is 0.643. The molecule has 0 aromatic carbocycles. The highest BCUT2D eigenvalue weighted by molar-refractivity contribution is 5.76. The highest BCUT2D eigenvalue weighted by Crippen LogP contribution is 2.28. The Balaban J connectivity index is 0.000000606. The third-order valence-electron chi connectivity index (χ3n) is 3.16. The lowest BCUT2D eigenvalue weighted by Gasteiger charge is -2.35. The van der Waals surface area contributed by atoms with E-state index >= 15 is 0 Å². The fourth-order valence-corrected chi connectivity index (χ4v) is 2.27. The van der Waals surface area contributed by atoms with Crippen LogP contribution in [0, 0.1) is 5.92 Å². The second-order valence-corrected chi connectivity index (χ2v) is 4.05. The van der Waals surface area contributed by atoms with Crippen LogP contribution in [0.4, 0.5) is 0 Å². The van der Waals surface area contributed by atoms with Crippen molar-refractivity contribution in [3.8, 4) is 0 Å². The Bertz CT molecular complexity index is 291. The lowest BCUT2D eigenvalue weighted by atomic mass is 9.86. The minimum absolute atomic E-state index is 0.304. The number of amides is 1. The molecule has 2 rings (SSSR count). The highest BCUT2D eigenvalue weighted by atomic mass is 16.2. The Morgan fingerprint density at radius 2 is 2.25 bits per heavy atom. The van der Waals surface area contributed by atoms with E-state index in [4.69, 9.17) is 0 Å². The van der Waals surface area contributed by atoms with Gasteiger partial charge in [-0.15, -0.1) is 0 Å². The first-order valence-electron chi connectivity index (χ1n) is 6.44. The van der Waals surface area contributed by atoms with Gasteiger partial charge in [-0.25, -0.2) is 0 Å². The summed E-state index contributed by atoms with van der Waals surface area (Å²) < 4.78 is 0. The van der Waals surface area contributed by atoms with Gasteiger partial charge in [-0.05, 0) is 12.8 Å². The standard InChI is InChI=1S/C12H17NO.C2H6/c1-2-12(14)13-8-7-10-5-3-4-6-11(10)9-13;1-2/h3-5,11H,2,6-9H2,1H3;1-2H3. The minimum Gasteiger partial charge on any atom is -0.342 e. The van der Waals surface area contributed by atoms with Crippen molar-refractivity contribution in [2.75, 3.05) is 13.1 Å². The Morgan fingerprint density at radius 1 is 1.50 bits per heavy atom. The second-order valence-electron chi connectivity index (χ2n) is 4.05. The van der Waals surface area contributed by atoms with E-state index in [-0.39, 0.29) is 0 Å². The van der Waals surface area contributed by atoms with Crippen molar-refractivity contribution in [2.45, 2.75) is 40.0 Å². The van der Waals surface area contributed by atoms with E-state index in [0.29, 0.717) is 18.2 Å². The molecule has 1 saturated heterocycles. The van der Waals surface area contributed by atoms with E-state index < -0.39 is 0 Å². The smallest absolute Gasteiger partial charge is 0.222 e. The predicted molar refractivity (Wildman–Crippen MR) is 68.2 cm³/mol. The molecule has 0 N–H and O–H groups in total. The number of likely N-dealkylation sites (tertiary alicyclic amines) is 1. The number of rotatable bonds is 1. The summed E-state index contributed by atoms with van der Waals surface area (Å²) in [5.74, 6) is 0.905. The summed E-state index contributed by atoms with van der Waals surface area (Å²) in [5, 5.41) is 0. The van der Waals surface area contributed by atoms with Gasteiger partial charge in [0.05, 0.1) is 0 Å². The highest BCUT2D eigenvalue weighted by Gasteiger charge is 2.26. The lowest BCUT2D eigenvalue weighted by molar-refractivity contribution is -0.131. The molecule has 1 atom stereocenters. The summed E-state index contributed by atoms with van der Waals surface area (Å²) in [6, 6.07) is 0. The van der Waals surface area contributed by atoms with Crippen molar-refractivity contribution in [3.63, 3.8) is 0 Å². The number of fused-ring (bicyclic) bond motifs is 1. The molecule has 1 aliphatic carbocycles. The first-order chi connectivity index (χ1) is 7.81. The second kappa shape index (κ2) is 6.51. The summed E-state index contributed by atoms with van der Waals surface area (Å²) in [4.78, 5) is 13.5. The van der Waals surface area contributed by atoms with E-state index in [1.54, 1.807) is 0 Å². The first kappa shape index (κ1) is 13.0. The van der Waals surface area contributed by atoms with Crippen LogP contribution in [0.3, 0.4) is 0 Å². The number of carbonyl (C=O) groups is 1. The zero-order valence-electron chi connectivity index (χ0n) is 10.7. The molecule has 0 bridgehead atoms. The van der Waals surface area contributed by atoms with Crippen LogP contribution in [0.15, 0.2) is 23.8 Å². The van der Waals surface area contributed by atoms with Gasteiger partial charge in [0.15, 0.2) is 0 Å². The molecule has 1 heterocycles. The third kappa shape index (κ3) is 2.97. The Kier molecular flexibility index (Phi) is 5.30.